The number of benzene rings is 2. The van der Waals surface area contributed by atoms with E-state index in [1.165, 1.54) is 0 Å². The van der Waals surface area contributed by atoms with Gasteiger partial charge < -0.3 is 46.3 Å². The molecule has 8 rings (SSSR count). The highest BCUT2D eigenvalue weighted by molar-refractivity contribution is 5.84. The number of aliphatic hydroxyl groups is 2. The maximum absolute atomic E-state index is 13.1. The van der Waals surface area contributed by atoms with E-state index in [-0.39, 0.29) is 42.4 Å². The van der Waals surface area contributed by atoms with E-state index in [1.807, 2.05) is 54.6 Å². The molecule has 3 amide bonds. The lowest BCUT2D eigenvalue weighted by atomic mass is 9.91. The molecule has 2 unspecified atom stereocenters. The summed E-state index contributed by atoms with van der Waals surface area (Å²) in [6.07, 6.45) is 5.75. The molecule has 1 aliphatic heterocycles. The summed E-state index contributed by atoms with van der Waals surface area (Å²) in [6, 6.07) is 25.3. The first kappa shape index (κ1) is 39.0. The molecule has 2 aromatic carbocycles. The van der Waals surface area contributed by atoms with Crippen molar-refractivity contribution in [2.45, 2.75) is 100 Å². The number of nitrogens with one attached hydrogen (secondary N) is 5. The van der Waals surface area contributed by atoms with Crippen molar-refractivity contribution in [2.75, 3.05) is 35.2 Å². The third-order valence-electron chi connectivity index (χ3n) is 11.9. The van der Waals surface area contributed by atoms with Crippen molar-refractivity contribution < 1.29 is 19.8 Å². The lowest BCUT2D eigenvalue weighted by molar-refractivity contribution is -0.122. The van der Waals surface area contributed by atoms with Crippen molar-refractivity contribution in [1.29, 1.82) is 0 Å². The zero-order valence-electron chi connectivity index (χ0n) is 32.7. The van der Waals surface area contributed by atoms with Crippen LogP contribution in [0.5, 0.6) is 0 Å². The van der Waals surface area contributed by atoms with Crippen LogP contribution in [-0.4, -0.2) is 103 Å². The van der Waals surface area contributed by atoms with Crippen LogP contribution >= 0.6 is 0 Å². The summed E-state index contributed by atoms with van der Waals surface area (Å²) in [5.41, 5.74) is 3.33. The Labute approximate surface area is 338 Å². The molecule has 304 valence electrons. The van der Waals surface area contributed by atoms with Crippen LogP contribution in [0, 0.1) is 0 Å². The molecular weight excluding hydrogens is 735 g/mol. The second-order valence-corrected chi connectivity index (χ2v) is 15.7. The summed E-state index contributed by atoms with van der Waals surface area (Å²) < 4.78 is 1.79. The SMILES string of the molecule is CCC(=O)N[C@H]1CC(n2cnc3c(NCC(c4ccccc4)c4ccccc4)nc(N[C@@H]4CCC(NC(=O)NC5CCN(c6ccccn6)CC5)C4)nc32)[C@H](O)[C@@H]1O. The summed E-state index contributed by atoms with van der Waals surface area (Å²) in [4.78, 5) is 46.7. The predicted molar refractivity (Wildman–Crippen MR) is 223 cm³/mol. The van der Waals surface area contributed by atoms with Gasteiger partial charge in [-0.25, -0.2) is 14.8 Å². The topological polar surface area (TPSA) is 194 Å². The van der Waals surface area contributed by atoms with Crippen LogP contribution in [0.15, 0.2) is 91.4 Å². The molecule has 3 aromatic heterocycles. The number of imidazole rings is 1. The number of carbonyl (C=O) groups excluding carboxylic acids is 2. The Morgan fingerprint density at radius 2 is 1.47 bits per heavy atom. The number of hydrogen-bond acceptors (Lipinski definition) is 11. The van der Waals surface area contributed by atoms with Gasteiger partial charge in [0.2, 0.25) is 11.9 Å². The number of pyridine rings is 1. The average Bonchev–Trinajstić information content (AvgIpc) is 3.96. The molecule has 2 aliphatic carbocycles. The van der Waals surface area contributed by atoms with Gasteiger partial charge in [-0.05, 0) is 61.8 Å². The van der Waals surface area contributed by atoms with E-state index in [0.29, 0.717) is 42.3 Å². The smallest absolute Gasteiger partial charge is 0.315 e. The van der Waals surface area contributed by atoms with Gasteiger partial charge in [0.1, 0.15) is 18.0 Å². The minimum Gasteiger partial charge on any atom is -0.388 e. The fourth-order valence-corrected chi connectivity index (χ4v) is 8.71. The fourth-order valence-electron chi connectivity index (χ4n) is 8.71. The molecule has 0 bridgehead atoms. The minimum absolute atomic E-state index is 0.00231. The van der Waals surface area contributed by atoms with Crippen LogP contribution in [0.1, 0.15) is 75.0 Å². The first-order valence-corrected chi connectivity index (χ1v) is 20.6. The van der Waals surface area contributed by atoms with Crippen molar-refractivity contribution in [2.24, 2.45) is 0 Å². The van der Waals surface area contributed by atoms with E-state index in [9.17, 15) is 19.8 Å². The summed E-state index contributed by atoms with van der Waals surface area (Å²) in [6.45, 7) is 3.95. The van der Waals surface area contributed by atoms with E-state index < -0.39 is 24.3 Å². The maximum atomic E-state index is 13.1. The van der Waals surface area contributed by atoms with Crippen molar-refractivity contribution in [3.63, 3.8) is 0 Å². The molecule has 4 heterocycles. The van der Waals surface area contributed by atoms with Gasteiger partial charge in [0.15, 0.2) is 17.0 Å². The van der Waals surface area contributed by atoms with E-state index in [4.69, 9.17) is 15.0 Å². The van der Waals surface area contributed by atoms with Crippen LogP contribution in [0.3, 0.4) is 0 Å². The largest absolute Gasteiger partial charge is 0.388 e. The van der Waals surface area contributed by atoms with Gasteiger partial charge in [0.05, 0.1) is 18.4 Å². The van der Waals surface area contributed by atoms with Crippen molar-refractivity contribution in [1.82, 2.24) is 40.5 Å². The molecule has 1 saturated heterocycles. The average molecular weight is 788 g/mol. The van der Waals surface area contributed by atoms with Crippen molar-refractivity contribution in [3.05, 3.63) is 103 Å². The minimum atomic E-state index is -1.15. The second-order valence-electron chi connectivity index (χ2n) is 15.7. The molecule has 0 radical (unpaired) electrons. The Balaban J connectivity index is 0.978. The Morgan fingerprint density at radius 1 is 0.776 bits per heavy atom. The number of anilines is 3. The Kier molecular flexibility index (Phi) is 12.0. The highest BCUT2D eigenvalue weighted by Crippen LogP contribution is 2.35. The molecule has 0 spiro atoms. The van der Waals surface area contributed by atoms with Gasteiger partial charge in [0.25, 0.3) is 0 Å². The monoisotopic (exact) mass is 787 g/mol. The van der Waals surface area contributed by atoms with Gasteiger partial charge in [0, 0.05) is 56.3 Å². The molecule has 7 N–H and O–H groups in total. The Morgan fingerprint density at radius 3 is 2.16 bits per heavy atom. The van der Waals surface area contributed by atoms with Gasteiger partial charge in [-0.1, -0.05) is 73.7 Å². The number of urea groups is 1. The summed E-state index contributed by atoms with van der Waals surface area (Å²) in [5, 5.41) is 38.6. The van der Waals surface area contributed by atoms with Gasteiger partial charge in [-0.15, -0.1) is 0 Å². The summed E-state index contributed by atoms with van der Waals surface area (Å²) >= 11 is 0. The van der Waals surface area contributed by atoms with E-state index in [2.05, 4.69) is 60.7 Å². The van der Waals surface area contributed by atoms with Crippen LogP contribution in [0.25, 0.3) is 11.2 Å². The highest BCUT2D eigenvalue weighted by atomic mass is 16.3. The third kappa shape index (κ3) is 8.85. The normalized spacial score (nSPS) is 23.6. The van der Waals surface area contributed by atoms with Gasteiger partial charge >= 0.3 is 6.03 Å². The number of aliphatic hydroxyl groups excluding tert-OH is 2. The molecule has 2 saturated carbocycles. The first-order chi connectivity index (χ1) is 28.3. The standard InChI is InChI=1S/C43H53N11O4/c1-2-36(55)50-33-24-34(39(57)38(33)56)54-26-46-37-40(45-25-32(27-11-5-3-6-12-27)28-13-7-4-8-14-28)51-42(52-41(37)54)47-30-16-17-31(23-30)49-43(58)48-29-18-21-53(22-19-29)35-15-9-10-20-44-35/h3-15,20,26,29-34,38-39,56-57H,2,16-19,21-25H2,1H3,(H,50,55)(H2,48,49,58)(H2,45,47,51,52)/t30-,31?,33+,34?,38-,39+/m1/s1. The number of carbonyl (C=O) groups is 2. The zero-order valence-corrected chi connectivity index (χ0v) is 32.7. The molecule has 15 heteroatoms. The lowest BCUT2D eigenvalue weighted by Gasteiger charge is -2.33. The van der Waals surface area contributed by atoms with Gasteiger partial charge in [-0.3, -0.25) is 4.79 Å². The number of aromatic nitrogens is 5. The van der Waals surface area contributed by atoms with E-state index in [0.717, 1.165) is 55.7 Å². The second kappa shape index (κ2) is 17.8. The van der Waals surface area contributed by atoms with Crippen LogP contribution in [0.4, 0.5) is 22.4 Å². The quantitative estimate of drug-likeness (QED) is 0.0899. The van der Waals surface area contributed by atoms with Crippen LogP contribution in [-0.2, 0) is 4.79 Å². The number of hydrogen-bond donors (Lipinski definition) is 7. The third-order valence-corrected chi connectivity index (χ3v) is 11.9. The van der Waals surface area contributed by atoms with Crippen molar-refractivity contribution >= 4 is 40.7 Å². The molecular formula is C43H53N11O4. The Bertz CT molecular complexity index is 2090. The zero-order chi connectivity index (χ0) is 40.0. The molecule has 6 atom stereocenters. The molecule has 3 aliphatic rings. The van der Waals surface area contributed by atoms with Crippen LogP contribution in [0.2, 0.25) is 0 Å². The lowest BCUT2D eigenvalue weighted by Crippen LogP contribution is -2.50. The predicted octanol–water partition coefficient (Wildman–Crippen LogP) is 4.33. The number of nitrogens with zero attached hydrogens (tertiary/aromatic N) is 6. The highest BCUT2D eigenvalue weighted by Gasteiger charge is 2.44. The molecule has 5 aromatic rings. The maximum Gasteiger partial charge on any atom is 0.315 e. The summed E-state index contributed by atoms with van der Waals surface area (Å²) in [5.74, 6) is 1.72. The number of amides is 3. The molecule has 58 heavy (non-hydrogen) atoms. The van der Waals surface area contributed by atoms with E-state index >= 15 is 0 Å². The summed E-state index contributed by atoms with van der Waals surface area (Å²) in [7, 11) is 0. The Hall–Kier alpha value is -5.80. The number of piperidine rings is 1. The fraction of sp³-hybridized carbons (Fsp3) is 0.442. The first-order valence-electron chi connectivity index (χ1n) is 20.6. The van der Waals surface area contributed by atoms with Crippen molar-refractivity contribution in [3.8, 4) is 0 Å². The van der Waals surface area contributed by atoms with Gasteiger partial charge in [-0.2, -0.15) is 9.97 Å². The number of rotatable bonds is 13. The van der Waals surface area contributed by atoms with Crippen LogP contribution < -0.4 is 31.5 Å². The molecule has 3 fully saturated rings. The molecule has 15 nitrogen and oxygen atoms in total. The van der Waals surface area contributed by atoms with E-state index in [1.54, 1.807) is 24.0 Å². The number of fused-ring (bicyclic) bond motifs is 1.